The highest BCUT2D eigenvalue weighted by atomic mass is 16.6. The van der Waals surface area contributed by atoms with Crippen LogP contribution in [0.15, 0.2) is 18.2 Å². The van der Waals surface area contributed by atoms with Gasteiger partial charge in [-0.25, -0.2) is 9.59 Å². The van der Waals surface area contributed by atoms with Crippen LogP contribution in [0, 0.1) is 6.92 Å². The molecule has 7 heteroatoms. The summed E-state index contributed by atoms with van der Waals surface area (Å²) in [5.74, 6) is 0.628. The molecular formula is C31H44O7. The molecule has 0 spiro atoms. The van der Waals surface area contributed by atoms with Gasteiger partial charge in [0.25, 0.3) is 0 Å². The van der Waals surface area contributed by atoms with Gasteiger partial charge in [0.2, 0.25) is 0 Å². The quantitative estimate of drug-likeness (QED) is 0.129. The van der Waals surface area contributed by atoms with E-state index in [4.69, 9.17) is 23.7 Å². The summed E-state index contributed by atoms with van der Waals surface area (Å²) in [5.41, 5.74) is 2.81. The second-order valence-corrected chi connectivity index (χ2v) is 9.42. The number of methoxy groups -OCH3 is 4. The molecule has 210 valence electrons. The first-order valence-electron chi connectivity index (χ1n) is 13.6. The molecule has 0 saturated carbocycles. The fourth-order valence-corrected chi connectivity index (χ4v) is 4.70. The molecule has 0 bridgehead atoms. The molecule has 0 aliphatic carbocycles. The van der Waals surface area contributed by atoms with Crippen LogP contribution in [0.3, 0.4) is 0 Å². The zero-order valence-corrected chi connectivity index (χ0v) is 24.2. The summed E-state index contributed by atoms with van der Waals surface area (Å²) in [6.07, 6.45) is 10.3. The lowest BCUT2D eigenvalue weighted by molar-refractivity contribution is 0.0396. The van der Waals surface area contributed by atoms with E-state index in [0.717, 1.165) is 75.3 Å². The minimum absolute atomic E-state index is 0.175. The Morgan fingerprint density at radius 1 is 0.632 bits per heavy atom. The topological polar surface area (TPSA) is 80.3 Å². The van der Waals surface area contributed by atoms with Gasteiger partial charge in [0.05, 0.1) is 39.6 Å². The number of ether oxygens (including phenoxy) is 5. The number of carbonyl (C=O) groups is 2. The van der Waals surface area contributed by atoms with E-state index in [1.807, 2.05) is 0 Å². The van der Waals surface area contributed by atoms with Crippen LogP contribution in [0.4, 0.5) is 0 Å². The first-order chi connectivity index (χ1) is 18.4. The molecule has 0 saturated heterocycles. The molecule has 7 nitrogen and oxygen atoms in total. The maximum atomic E-state index is 13.2. The van der Waals surface area contributed by atoms with E-state index in [0.29, 0.717) is 28.6 Å². The molecule has 38 heavy (non-hydrogen) atoms. The molecule has 0 aliphatic rings. The van der Waals surface area contributed by atoms with E-state index in [9.17, 15) is 9.59 Å². The number of hydrogen-bond acceptors (Lipinski definition) is 7. The number of rotatable bonds is 16. The minimum atomic E-state index is -0.787. The summed E-state index contributed by atoms with van der Waals surface area (Å²) < 4.78 is 27.7. The maximum absolute atomic E-state index is 13.2. The molecule has 0 heterocycles. The van der Waals surface area contributed by atoms with Crippen molar-refractivity contribution >= 4 is 11.9 Å². The summed E-state index contributed by atoms with van der Waals surface area (Å²) in [6, 6.07) is 4.82. The number of unbranched alkanes of at least 4 members (excludes halogenated alkanes) is 6. The van der Waals surface area contributed by atoms with Gasteiger partial charge in [-0.15, -0.1) is 0 Å². The van der Waals surface area contributed by atoms with Gasteiger partial charge in [0.1, 0.15) is 23.0 Å². The molecule has 0 aromatic heterocycles. The van der Waals surface area contributed by atoms with Crippen LogP contribution in [0.2, 0.25) is 0 Å². The van der Waals surface area contributed by atoms with Crippen molar-refractivity contribution in [2.75, 3.05) is 28.4 Å². The van der Waals surface area contributed by atoms with Crippen LogP contribution < -0.4 is 18.9 Å². The summed E-state index contributed by atoms with van der Waals surface area (Å²) in [6.45, 7) is 6.12. The minimum Gasteiger partial charge on any atom is -0.496 e. The lowest BCUT2D eigenvalue weighted by Crippen LogP contribution is -2.16. The largest absolute Gasteiger partial charge is 0.496 e. The van der Waals surface area contributed by atoms with Gasteiger partial charge in [-0.3, -0.25) is 0 Å². The lowest BCUT2D eigenvalue weighted by atomic mass is 9.97. The normalized spacial score (nSPS) is 10.7. The third kappa shape index (κ3) is 7.89. The Kier molecular flexibility index (Phi) is 13.0. The smallest absolute Gasteiger partial charge is 0.346 e. The van der Waals surface area contributed by atoms with Gasteiger partial charge < -0.3 is 23.7 Å². The highest BCUT2D eigenvalue weighted by molar-refractivity contribution is 6.04. The fourth-order valence-electron chi connectivity index (χ4n) is 4.70. The Bertz CT molecular complexity index is 1050. The van der Waals surface area contributed by atoms with E-state index >= 15 is 0 Å². The Hall–Kier alpha value is -3.22. The standard InChI is InChI=1S/C31H44O7/c1-8-10-12-14-16-23-26(34-4)18-22(19-27(23)35-5)30(32)38-31(33)25-20-28(36-6)24(17-15-13-11-9-2)29(37-7)21(25)3/h18-20H,8-17H2,1-7H3. The highest BCUT2D eigenvalue weighted by Gasteiger charge is 2.25. The van der Waals surface area contributed by atoms with Crippen LogP contribution in [-0.2, 0) is 17.6 Å². The number of hydrogen-bond donors (Lipinski definition) is 0. The fraction of sp³-hybridized carbons (Fsp3) is 0.548. The third-order valence-corrected chi connectivity index (χ3v) is 6.83. The van der Waals surface area contributed by atoms with Gasteiger partial charge in [-0.05, 0) is 50.8 Å². The zero-order valence-electron chi connectivity index (χ0n) is 24.2. The summed E-state index contributed by atoms with van der Waals surface area (Å²) in [5, 5.41) is 0. The molecular weight excluding hydrogens is 484 g/mol. The molecule has 0 unspecified atom stereocenters. The van der Waals surface area contributed by atoms with Crippen LogP contribution in [0.1, 0.15) is 103 Å². The van der Waals surface area contributed by atoms with Gasteiger partial charge in [0.15, 0.2) is 0 Å². The van der Waals surface area contributed by atoms with E-state index in [2.05, 4.69) is 13.8 Å². The Balaban J connectivity index is 2.31. The number of esters is 2. The zero-order chi connectivity index (χ0) is 28.1. The van der Waals surface area contributed by atoms with E-state index < -0.39 is 11.9 Å². The first-order valence-corrected chi connectivity index (χ1v) is 13.6. The van der Waals surface area contributed by atoms with Crippen molar-refractivity contribution in [3.63, 3.8) is 0 Å². The summed E-state index contributed by atoms with van der Waals surface area (Å²) in [7, 11) is 6.23. The van der Waals surface area contributed by atoms with Crippen molar-refractivity contribution in [2.45, 2.75) is 85.0 Å². The van der Waals surface area contributed by atoms with Crippen LogP contribution in [0.25, 0.3) is 0 Å². The van der Waals surface area contributed by atoms with E-state index in [1.165, 1.54) is 0 Å². The maximum Gasteiger partial charge on any atom is 0.346 e. The van der Waals surface area contributed by atoms with Crippen LogP contribution in [0.5, 0.6) is 23.0 Å². The monoisotopic (exact) mass is 528 g/mol. The van der Waals surface area contributed by atoms with Crippen molar-refractivity contribution in [2.24, 2.45) is 0 Å². The van der Waals surface area contributed by atoms with Gasteiger partial charge in [0, 0.05) is 16.7 Å². The van der Waals surface area contributed by atoms with Crippen molar-refractivity contribution in [3.05, 3.63) is 46.0 Å². The molecule has 0 radical (unpaired) electrons. The van der Waals surface area contributed by atoms with Crippen molar-refractivity contribution in [1.29, 1.82) is 0 Å². The second kappa shape index (κ2) is 15.9. The highest BCUT2D eigenvalue weighted by Crippen LogP contribution is 2.37. The number of benzene rings is 2. The molecule has 0 atom stereocenters. The number of carbonyl (C=O) groups excluding carboxylic acids is 2. The molecule has 0 amide bonds. The summed E-state index contributed by atoms with van der Waals surface area (Å²) >= 11 is 0. The SMILES string of the molecule is CCCCCCc1c(OC)cc(C(=O)OC(=O)c2cc(OC)c(CCCCCC)c(OC)c2C)cc1OC. The van der Waals surface area contributed by atoms with Crippen LogP contribution >= 0.6 is 0 Å². The van der Waals surface area contributed by atoms with Crippen LogP contribution in [-0.4, -0.2) is 40.4 Å². The Morgan fingerprint density at radius 3 is 1.61 bits per heavy atom. The van der Waals surface area contributed by atoms with Crippen molar-refractivity contribution < 1.29 is 33.3 Å². The van der Waals surface area contributed by atoms with Crippen molar-refractivity contribution in [3.8, 4) is 23.0 Å². The molecule has 2 aromatic rings. The predicted octanol–water partition coefficient (Wildman–Crippen LogP) is 7.27. The molecule has 2 aromatic carbocycles. The lowest BCUT2D eigenvalue weighted by Gasteiger charge is -2.18. The van der Waals surface area contributed by atoms with E-state index in [-0.39, 0.29) is 11.1 Å². The third-order valence-electron chi connectivity index (χ3n) is 6.83. The Labute approximate surface area is 227 Å². The average molecular weight is 529 g/mol. The van der Waals surface area contributed by atoms with Gasteiger partial charge in [-0.1, -0.05) is 52.4 Å². The van der Waals surface area contributed by atoms with Crippen molar-refractivity contribution in [1.82, 2.24) is 0 Å². The average Bonchev–Trinajstić information content (AvgIpc) is 2.92. The summed E-state index contributed by atoms with van der Waals surface area (Å²) in [4.78, 5) is 26.2. The first kappa shape index (κ1) is 31.0. The molecule has 2 rings (SSSR count). The second-order valence-electron chi connectivity index (χ2n) is 9.42. The predicted molar refractivity (Wildman–Crippen MR) is 149 cm³/mol. The molecule has 0 aliphatic heterocycles. The molecule has 0 N–H and O–H groups in total. The van der Waals surface area contributed by atoms with E-state index in [1.54, 1.807) is 53.6 Å². The van der Waals surface area contributed by atoms with Gasteiger partial charge in [-0.2, -0.15) is 0 Å². The Morgan fingerprint density at radius 2 is 1.13 bits per heavy atom. The van der Waals surface area contributed by atoms with Gasteiger partial charge >= 0.3 is 11.9 Å². The molecule has 0 fully saturated rings.